The SMILES string of the molecule is CC(C)C(C(=O)O)c1ccc(C(F)(F)F)cc1.CCC(C(=O)Cl)c1ccc(C(F)(F)F)cc1. The molecule has 2 unspecified atom stereocenters. The van der Waals surface area contributed by atoms with Gasteiger partial charge in [0, 0.05) is 0 Å². The molecule has 0 fully saturated rings. The fourth-order valence-corrected chi connectivity index (χ4v) is 3.40. The maximum absolute atomic E-state index is 12.3. The van der Waals surface area contributed by atoms with E-state index in [9.17, 15) is 35.9 Å². The molecule has 0 aliphatic heterocycles. The Balaban J connectivity index is 0.000000331. The average Bonchev–Trinajstić information content (AvgIpc) is 2.68. The van der Waals surface area contributed by atoms with Crippen LogP contribution >= 0.6 is 11.6 Å². The molecule has 2 atom stereocenters. The van der Waals surface area contributed by atoms with Gasteiger partial charge in [0.15, 0.2) is 0 Å². The Bertz CT molecular complexity index is 919. The first-order valence-electron chi connectivity index (χ1n) is 9.86. The maximum atomic E-state index is 12.3. The van der Waals surface area contributed by atoms with Crippen LogP contribution in [0.15, 0.2) is 48.5 Å². The smallest absolute Gasteiger partial charge is 0.416 e. The molecule has 0 saturated heterocycles. The summed E-state index contributed by atoms with van der Waals surface area (Å²) < 4.78 is 73.8. The van der Waals surface area contributed by atoms with Gasteiger partial charge in [-0.1, -0.05) is 45.0 Å². The molecule has 33 heavy (non-hydrogen) atoms. The topological polar surface area (TPSA) is 54.4 Å². The second kappa shape index (κ2) is 11.5. The van der Waals surface area contributed by atoms with Gasteiger partial charge in [-0.3, -0.25) is 9.59 Å². The number of carbonyl (C=O) groups is 2. The van der Waals surface area contributed by atoms with E-state index in [4.69, 9.17) is 16.7 Å². The molecule has 2 aromatic carbocycles. The van der Waals surface area contributed by atoms with Crippen molar-refractivity contribution >= 4 is 22.8 Å². The first-order chi connectivity index (χ1) is 15.1. The van der Waals surface area contributed by atoms with Crippen molar-refractivity contribution in [2.24, 2.45) is 5.92 Å². The van der Waals surface area contributed by atoms with E-state index in [2.05, 4.69) is 0 Å². The lowest BCUT2D eigenvalue weighted by atomic mass is 9.88. The largest absolute Gasteiger partial charge is 0.481 e. The van der Waals surface area contributed by atoms with Crippen LogP contribution < -0.4 is 0 Å². The Labute approximate surface area is 192 Å². The van der Waals surface area contributed by atoms with Crippen LogP contribution in [0.5, 0.6) is 0 Å². The van der Waals surface area contributed by atoms with Crippen LogP contribution in [-0.4, -0.2) is 16.3 Å². The van der Waals surface area contributed by atoms with Gasteiger partial charge in [-0.15, -0.1) is 0 Å². The molecule has 0 amide bonds. The van der Waals surface area contributed by atoms with E-state index in [-0.39, 0.29) is 5.92 Å². The van der Waals surface area contributed by atoms with Crippen LogP contribution in [0.4, 0.5) is 26.3 Å². The predicted octanol–water partition coefficient (Wildman–Crippen LogP) is 7.49. The van der Waals surface area contributed by atoms with Gasteiger partial charge >= 0.3 is 18.3 Å². The van der Waals surface area contributed by atoms with Crippen LogP contribution in [0.25, 0.3) is 0 Å². The van der Waals surface area contributed by atoms with Crippen LogP contribution in [0.3, 0.4) is 0 Å². The number of rotatable bonds is 6. The van der Waals surface area contributed by atoms with Crippen molar-refractivity contribution in [1.29, 1.82) is 0 Å². The summed E-state index contributed by atoms with van der Waals surface area (Å²) in [5, 5.41) is 8.45. The number of alkyl halides is 6. The zero-order valence-electron chi connectivity index (χ0n) is 18.0. The lowest BCUT2D eigenvalue weighted by Gasteiger charge is -2.17. The van der Waals surface area contributed by atoms with Crippen molar-refractivity contribution in [3.63, 3.8) is 0 Å². The highest BCUT2D eigenvalue weighted by Gasteiger charge is 2.32. The fourth-order valence-electron chi connectivity index (χ4n) is 3.12. The number of halogens is 7. The number of aliphatic carboxylic acids is 1. The average molecular weight is 497 g/mol. The van der Waals surface area contributed by atoms with Crippen molar-refractivity contribution < 1.29 is 41.0 Å². The van der Waals surface area contributed by atoms with E-state index < -0.39 is 46.5 Å². The van der Waals surface area contributed by atoms with Crippen LogP contribution in [0.1, 0.15) is 61.3 Å². The first-order valence-corrected chi connectivity index (χ1v) is 10.2. The molecular weight excluding hydrogens is 474 g/mol. The van der Waals surface area contributed by atoms with Crippen molar-refractivity contribution in [2.75, 3.05) is 0 Å². The summed E-state index contributed by atoms with van der Waals surface area (Å²) in [6.07, 6.45) is -8.28. The number of benzene rings is 2. The molecule has 2 aromatic rings. The van der Waals surface area contributed by atoms with E-state index in [0.717, 1.165) is 24.3 Å². The molecule has 0 aromatic heterocycles. The third kappa shape index (κ3) is 8.38. The van der Waals surface area contributed by atoms with Crippen molar-refractivity contribution in [3.8, 4) is 0 Å². The summed E-state index contributed by atoms with van der Waals surface area (Å²) in [4.78, 5) is 22.0. The number of hydrogen-bond donors (Lipinski definition) is 1. The molecule has 0 heterocycles. The standard InChI is InChI=1S/C12H13F3O2.C11H10ClF3O/c1-7(2)10(11(16)17)8-3-5-9(6-4-8)12(13,14)15;1-2-9(10(12)16)7-3-5-8(6-4-7)11(13,14)15/h3-7,10H,1-2H3,(H,16,17);3-6,9H,2H2,1H3. The Morgan fingerprint density at radius 2 is 1.18 bits per heavy atom. The van der Waals surface area contributed by atoms with Gasteiger partial charge < -0.3 is 5.11 Å². The summed E-state index contributed by atoms with van der Waals surface area (Å²) in [5.41, 5.74) is -0.599. The molecule has 2 rings (SSSR count). The first kappa shape index (κ1) is 28.5. The van der Waals surface area contributed by atoms with Crippen LogP contribution in [0.2, 0.25) is 0 Å². The lowest BCUT2D eigenvalue weighted by Crippen LogP contribution is -2.17. The third-order valence-corrected chi connectivity index (χ3v) is 5.12. The van der Waals surface area contributed by atoms with Gasteiger partial charge in [-0.2, -0.15) is 26.3 Å². The second-order valence-electron chi connectivity index (χ2n) is 7.56. The normalized spacial score (nSPS) is 13.7. The van der Waals surface area contributed by atoms with Gasteiger partial charge in [0.2, 0.25) is 5.24 Å². The lowest BCUT2D eigenvalue weighted by molar-refractivity contribution is -0.140. The molecule has 0 aliphatic rings. The zero-order chi connectivity index (χ0) is 25.6. The third-order valence-electron chi connectivity index (χ3n) is 4.85. The number of carboxylic acid groups (broad SMARTS) is 1. The molecule has 182 valence electrons. The van der Waals surface area contributed by atoms with Gasteiger partial charge in [0.1, 0.15) is 0 Å². The molecular formula is C23H23ClF6O3. The number of carbonyl (C=O) groups excluding carboxylic acids is 1. The summed E-state index contributed by atoms with van der Waals surface area (Å²) in [6.45, 7) is 5.19. The van der Waals surface area contributed by atoms with Gasteiger partial charge in [0.25, 0.3) is 0 Å². The van der Waals surface area contributed by atoms with Gasteiger partial charge in [-0.25, -0.2) is 0 Å². The molecule has 0 saturated carbocycles. The highest BCUT2D eigenvalue weighted by molar-refractivity contribution is 6.64. The minimum Gasteiger partial charge on any atom is -0.481 e. The minimum absolute atomic E-state index is 0.177. The minimum atomic E-state index is -4.39. The number of carboxylic acids is 1. The van der Waals surface area contributed by atoms with Crippen molar-refractivity contribution in [1.82, 2.24) is 0 Å². The summed E-state index contributed by atoms with van der Waals surface area (Å²) in [6, 6.07) is 8.76. The van der Waals surface area contributed by atoms with Gasteiger partial charge in [0.05, 0.1) is 23.0 Å². The second-order valence-corrected chi connectivity index (χ2v) is 7.94. The molecule has 3 nitrogen and oxygen atoms in total. The number of hydrogen-bond acceptors (Lipinski definition) is 2. The van der Waals surface area contributed by atoms with Gasteiger partial charge in [-0.05, 0) is 59.3 Å². The summed E-state index contributed by atoms with van der Waals surface area (Å²) in [7, 11) is 0. The van der Waals surface area contributed by atoms with Crippen LogP contribution in [0, 0.1) is 5.92 Å². The van der Waals surface area contributed by atoms with Crippen molar-refractivity contribution in [2.45, 2.75) is 51.4 Å². The zero-order valence-corrected chi connectivity index (χ0v) is 18.7. The predicted molar refractivity (Wildman–Crippen MR) is 112 cm³/mol. The Morgan fingerprint density at radius 3 is 1.42 bits per heavy atom. The molecule has 0 spiro atoms. The summed E-state index contributed by atoms with van der Waals surface area (Å²) in [5.74, 6) is -2.52. The monoisotopic (exact) mass is 496 g/mol. The fraction of sp³-hybridized carbons (Fsp3) is 0.391. The highest BCUT2D eigenvalue weighted by atomic mass is 35.5. The molecule has 0 aliphatic carbocycles. The molecule has 10 heteroatoms. The molecule has 0 radical (unpaired) electrons. The van der Waals surface area contributed by atoms with Crippen molar-refractivity contribution in [3.05, 3.63) is 70.8 Å². The van der Waals surface area contributed by atoms with E-state index >= 15 is 0 Å². The van der Waals surface area contributed by atoms with Crippen LogP contribution in [-0.2, 0) is 21.9 Å². The van der Waals surface area contributed by atoms with E-state index in [0.29, 0.717) is 17.5 Å². The van der Waals surface area contributed by atoms with E-state index in [1.807, 2.05) is 0 Å². The quantitative estimate of drug-likeness (QED) is 0.333. The Kier molecular flexibility index (Phi) is 9.96. The highest BCUT2D eigenvalue weighted by Crippen LogP contribution is 2.32. The maximum Gasteiger partial charge on any atom is 0.416 e. The molecule has 0 bridgehead atoms. The Morgan fingerprint density at radius 1 is 0.818 bits per heavy atom. The van der Waals surface area contributed by atoms with E-state index in [1.54, 1.807) is 20.8 Å². The summed E-state index contributed by atoms with van der Waals surface area (Å²) >= 11 is 5.35. The van der Waals surface area contributed by atoms with E-state index in [1.165, 1.54) is 24.3 Å². The Hall–Kier alpha value is -2.55. The molecule has 1 N–H and O–H groups in total.